The molecule has 2 fully saturated rings. The molecule has 73 heavy (non-hydrogen) atoms. The monoisotopic (exact) mass is 1020 g/mol. The second-order valence-electron chi connectivity index (χ2n) is 18.5. The third-order valence-electron chi connectivity index (χ3n) is 13.0. The van der Waals surface area contributed by atoms with Gasteiger partial charge in [0.25, 0.3) is 0 Å². The van der Waals surface area contributed by atoms with Crippen molar-refractivity contribution in [2.45, 2.75) is 146 Å². The molecule has 0 bridgehead atoms. The Bertz CT molecular complexity index is 2260. The van der Waals surface area contributed by atoms with Crippen LogP contribution in [0.15, 0.2) is 115 Å². The van der Waals surface area contributed by atoms with Crippen molar-refractivity contribution in [3.63, 3.8) is 0 Å². The Hall–Kier alpha value is -5.94. The molecule has 1 saturated heterocycles. The number of carbonyl (C=O) groups is 4. The van der Waals surface area contributed by atoms with Gasteiger partial charge in [0.05, 0.1) is 37.6 Å². The van der Waals surface area contributed by atoms with Crippen LogP contribution >= 0.6 is 0 Å². The number of nitrogens with two attached hydrogens (primary N) is 1. The molecule has 20 heteroatoms. The predicted octanol–water partition coefficient (Wildman–Crippen LogP) is 4.38. The van der Waals surface area contributed by atoms with E-state index < -0.39 is 110 Å². The van der Waals surface area contributed by atoms with Gasteiger partial charge < -0.3 is 79.6 Å². The summed E-state index contributed by atoms with van der Waals surface area (Å²) in [7, 11) is 0. The maximum atomic E-state index is 13.2. The third kappa shape index (κ3) is 16.0. The van der Waals surface area contributed by atoms with E-state index in [1.165, 1.54) is 0 Å². The van der Waals surface area contributed by atoms with Crippen molar-refractivity contribution in [1.82, 2.24) is 16.0 Å². The van der Waals surface area contributed by atoms with Crippen LogP contribution in [0.5, 0.6) is 0 Å². The van der Waals surface area contributed by atoms with E-state index >= 15 is 0 Å². The molecule has 3 heterocycles. The van der Waals surface area contributed by atoms with Gasteiger partial charge in [-0.2, -0.15) is 0 Å². The number of amides is 4. The molecule has 1 aliphatic carbocycles. The van der Waals surface area contributed by atoms with E-state index in [9.17, 15) is 34.5 Å². The second-order valence-corrected chi connectivity index (χ2v) is 18.5. The topological polar surface area (TPSA) is 274 Å². The zero-order valence-electron chi connectivity index (χ0n) is 40.9. The fourth-order valence-electron chi connectivity index (χ4n) is 9.18. The Balaban J connectivity index is 1.06. The highest BCUT2D eigenvalue weighted by atomic mass is 16.8. The van der Waals surface area contributed by atoms with E-state index in [1.807, 2.05) is 98.8 Å². The summed E-state index contributed by atoms with van der Waals surface area (Å²) in [6.07, 6.45) is -6.22. The Kier molecular flexibility index (Phi) is 20.6. The number of alkyl carbamates (subject to hydrolysis) is 3. The summed E-state index contributed by atoms with van der Waals surface area (Å²) in [4.78, 5) is 50.7. The highest BCUT2D eigenvalue weighted by Gasteiger charge is 2.53. The summed E-state index contributed by atoms with van der Waals surface area (Å²) in [6, 6.07) is 25.6. The van der Waals surface area contributed by atoms with Crippen LogP contribution in [0.2, 0.25) is 0 Å². The first kappa shape index (κ1) is 54.8. The molecule has 7 rings (SSSR count). The van der Waals surface area contributed by atoms with E-state index in [2.05, 4.69) is 16.0 Å². The Morgan fingerprint density at radius 3 is 1.64 bits per heavy atom. The van der Waals surface area contributed by atoms with E-state index in [4.69, 9.17) is 48.4 Å². The van der Waals surface area contributed by atoms with E-state index in [1.54, 1.807) is 30.4 Å². The fraction of sp³-hybridized carbons (Fsp3) is 0.509. The van der Waals surface area contributed by atoms with Crippen molar-refractivity contribution in [3.05, 3.63) is 132 Å². The summed E-state index contributed by atoms with van der Waals surface area (Å²) in [6.45, 7) is 3.15. The minimum Gasteiger partial charge on any atom is -0.445 e. The highest BCUT2D eigenvalue weighted by molar-refractivity contribution is 5.73. The first-order valence-electron chi connectivity index (χ1n) is 24.8. The number of ether oxygens (including phenoxy) is 9. The highest BCUT2D eigenvalue weighted by Crippen LogP contribution is 2.40. The van der Waals surface area contributed by atoms with Gasteiger partial charge in [0.2, 0.25) is 5.91 Å². The molecule has 0 spiro atoms. The minimum atomic E-state index is -1.63. The van der Waals surface area contributed by atoms with Gasteiger partial charge in [0.15, 0.2) is 18.9 Å². The van der Waals surface area contributed by atoms with Gasteiger partial charge in [0.1, 0.15) is 56.3 Å². The molecular weight excluding hydrogens is 949 g/mol. The van der Waals surface area contributed by atoms with Crippen molar-refractivity contribution in [2.75, 3.05) is 13.2 Å². The van der Waals surface area contributed by atoms with Gasteiger partial charge in [-0.3, -0.25) is 4.79 Å². The summed E-state index contributed by atoms with van der Waals surface area (Å²) in [5.41, 5.74) is 7.80. The first-order valence-corrected chi connectivity index (χ1v) is 24.8. The molecule has 3 aromatic carbocycles. The summed E-state index contributed by atoms with van der Waals surface area (Å²) in [5, 5.41) is 43.1. The number of primary amides is 1. The third-order valence-corrected chi connectivity index (χ3v) is 13.0. The minimum absolute atomic E-state index is 0.0288. The van der Waals surface area contributed by atoms with Crippen LogP contribution in [-0.4, -0.2) is 132 Å². The largest absolute Gasteiger partial charge is 0.445 e. The maximum Gasteiger partial charge on any atom is 0.408 e. The summed E-state index contributed by atoms with van der Waals surface area (Å²) in [5.74, 6) is -1.22. The summed E-state index contributed by atoms with van der Waals surface area (Å²) >= 11 is 0. The lowest BCUT2D eigenvalue weighted by molar-refractivity contribution is -0.291. The number of carbonyl (C=O) groups excluding carboxylic acids is 4. The predicted molar refractivity (Wildman–Crippen MR) is 260 cm³/mol. The number of aliphatic hydroxyl groups is 3. The molecule has 0 aromatic heterocycles. The van der Waals surface area contributed by atoms with Crippen LogP contribution in [0.1, 0.15) is 62.6 Å². The van der Waals surface area contributed by atoms with Crippen LogP contribution in [0.3, 0.4) is 0 Å². The van der Waals surface area contributed by atoms with Gasteiger partial charge >= 0.3 is 18.3 Å². The van der Waals surface area contributed by atoms with Gasteiger partial charge in [-0.25, -0.2) is 14.4 Å². The van der Waals surface area contributed by atoms with Gasteiger partial charge in [0, 0.05) is 6.42 Å². The first-order chi connectivity index (χ1) is 35.4. The lowest BCUT2D eigenvalue weighted by atomic mass is 9.74. The molecule has 3 aromatic rings. The molecule has 396 valence electrons. The number of hydrogen-bond acceptors (Lipinski definition) is 16. The molecule has 4 amide bonds. The Morgan fingerprint density at radius 2 is 1.12 bits per heavy atom. The quantitative estimate of drug-likeness (QED) is 0.0544. The van der Waals surface area contributed by atoms with E-state index in [-0.39, 0.29) is 44.8 Å². The molecule has 1 saturated carbocycles. The zero-order valence-corrected chi connectivity index (χ0v) is 40.9. The molecule has 3 aliphatic heterocycles. The molecule has 1 unspecified atom stereocenters. The van der Waals surface area contributed by atoms with Crippen LogP contribution in [0.4, 0.5) is 14.4 Å². The van der Waals surface area contributed by atoms with Crippen LogP contribution in [-0.2, 0) is 67.2 Å². The smallest absolute Gasteiger partial charge is 0.408 e. The Morgan fingerprint density at radius 1 is 0.630 bits per heavy atom. The van der Waals surface area contributed by atoms with Crippen LogP contribution in [0, 0.1) is 11.8 Å². The van der Waals surface area contributed by atoms with Gasteiger partial charge in [-0.05, 0) is 54.2 Å². The van der Waals surface area contributed by atoms with Crippen LogP contribution in [0.25, 0.3) is 0 Å². The zero-order chi connectivity index (χ0) is 51.7. The molecule has 20 nitrogen and oxygen atoms in total. The van der Waals surface area contributed by atoms with Gasteiger partial charge in [-0.15, -0.1) is 0 Å². The molecule has 4 aliphatic rings. The molecular formula is C53H68N4O16. The summed E-state index contributed by atoms with van der Waals surface area (Å²) < 4.78 is 54.8. The Labute approximate surface area is 424 Å². The standard InChI is InChI=1S/C53H68N4O16/c1-3-37-22-24-39(56-52(63)66-30-34-16-9-5-10-17-34)48(68-37)71-45-32(2)26-36(20-13-21-42(54)59)43(60)47(45)73-50-44(61)46(41(28-58)70-50)72-49-40(57-53(64)67-31-35-18-11-6-12-19-35)25-23-38(69-49)27-55-51(62)65-29-33-14-7-4-8-15-33/h4-12,14-19,22-25,32,36-41,43-50,58,60-61H,3,13,20-21,26-31H2,1-2H3,(H2,54,59)(H,55,62)(H,56,63)(H,57,64)/t32-,36+,37+,38+,39+,40?,41+,43-,44+,45+,46+,47+,48+,49+,50-/m0/s1. The SMILES string of the molecule is CC[C@@H]1C=C[C@@H](NC(=O)OCc2ccccc2)[C@@H](O[C@H]2[C@H](O[C@@H]3O[C@H](CO)[C@@H](O[C@H]4O[C@@H](CNC(=O)OCc5ccccc5)C=CC4NC(=O)OCc4ccccc4)[C@H]3O)[C@@H](O)[C@H](CCCC(N)=O)C[C@@H]2C)O1. The van der Waals surface area contributed by atoms with E-state index in [0.717, 1.165) is 16.7 Å². The normalized spacial score (nSPS) is 30.7. The lowest BCUT2D eigenvalue weighted by Crippen LogP contribution is -2.58. The average molecular weight is 1020 g/mol. The van der Waals surface area contributed by atoms with E-state index in [0.29, 0.717) is 25.7 Å². The molecule has 8 N–H and O–H groups in total. The van der Waals surface area contributed by atoms with Crippen molar-refractivity contribution in [3.8, 4) is 0 Å². The maximum absolute atomic E-state index is 13.2. The molecule has 15 atom stereocenters. The van der Waals surface area contributed by atoms with Crippen molar-refractivity contribution < 1.29 is 77.1 Å². The van der Waals surface area contributed by atoms with Crippen LogP contribution < -0.4 is 21.7 Å². The average Bonchev–Trinajstić information content (AvgIpc) is 3.70. The van der Waals surface area contributed by atoms with Crippen molar-refractivity contribution >= 4 is 24.2 Å². The number of benzene rings is 3. The van der Waals surface area contributed by atoms with Crippen molar-refractivity contribution in [2.24, 2.45) is 17.6 Å². The van der Waals surface area contributed by atoms with Crippen molar-refractivity contribution in [1.29, 1.82) is 0 Å². The number of aliphatic hydroxyl groups excluding tert-OH is 3. The fourth-order valence-corrected chi connectivity index (χ4v) is 9.18. The number of nitrogens with one attached hydrogen (secondary N) is 3. The second kappa shape index (κ2) is 27.4. The number of hydrogen-bond donors (Lipinski definition) is 7. The number of rotatable bonds is 22. The lowest BCUT2D eigenvalue weighted by Gasteiger charge is -2.46. The molecule has 0 radical (unpaired) electrons. The van der Waals surface area contributed by atoms with Gasteiger partial charge in [-0.1, -0.05) is 129 Å².